The average Bonchev–Trinajstić information content (AvgIpc) is 2.52. The average molecular weight is 402 g/mol. The molecule has 132 valence electrons. The molecular formula is C17H14Cl2FNO3S. The summed E-state index contributed by atoms with van der Waals surface area (Å²) >= 11 is 11.8. The summed E-state index contributed by atoms with van der Waals surface area (Å²) in [5.41, 5.74) is 0.00449. The molecule has 0 N–H and O–H groups in total. The number of halogens is 3. The van der Waals surface area contributed by atoms with Crippen molar-refractivity contribution in [3.63, 3.8) is 0 Å². The van der Waals surface area contributed by atoms with Gasteiger partial charge in [-0.3, -0.25) is 4.79 Å². The quantitative estimate of drug-likeness (QED) is 0.428. The molecule has 0 fully saturated rings. The molecule has 8 heteroatoms. The first-order chi connectivity index (χ1) is 11.6. The molecule has 0 saturated carbocycles. The maximum atomic E-state index is 13.1. The van der Waals surface area contributed by atoms with E-state index in [4.69, 9.17) is 23.2 Å². The fraction of sp³-hybridized carbons (Fsp3) is 0.118. The van der Waals surface area contributed by atoms with Gasteiger partial charge in [-0.05, 0) is 42.5 Å². The van der Waals surface area contributed by atoms with E-state index in [-0.39, 0.29) is 15.5 Å². The van der Waals surface area contributed by atoms with Gasteiger partial charge in [0, 0.05) is 30.9 Å². The molecule has 0 aliphatic carbocycles. The predicted molar refractivity (Wildman–Crippen MR) is 96.1 cm³/mol. The summed E-state index contributed by atoms with van der Waals surface area (Å²) in [5, 5.41) is 0.359. The number of rotatable bonds is 5. The molecule has 0 bridgehead atoms. The van der Waals surface area contributed by atoms with Gasteiger partial charge < -0.3 is 4.90 Å². The van der Waals surface area contributed by atoms with Gasteiger partial charge in [0.2, 0.25) is 15.6 Å². The lowest BCUT2D eigenvalue weighted by Crippen LogP contribution is -2.18. The Morgan fingerprint density at radius 2 is 1.68 bits per heavy atom. The molecule has 0 atom stereocenters. The van der Waals surface area contributed by atoms with Crippen LogP contribution in [-0.2, 0) is 9.84 Å². The minimum absolute atomic E-state index is 0.00449. The van der Waals surface area contributed by atoms with Crippen LogP contribution in [0.3, 0.4) is 0 Å². The van der Waals surface area contributed by atoms with E-state index in [9.17, 15) is 17.6 Å². The normalized spacial score (nSPS) is 12.1. The van der Waals surface area contributed by atoms with E-state index >= 15 is 0 Å². The molecule has 2 aromatic rings. The van der Waals surface area contributed by atoms with Crippen molar-refractivity contribution in [2.75, 3.05) is 14.1 Å². The molecule has 25 heavy (non-hydrogen) atoms. The Balaban J connectivity index is 2.60. The summed E-state index contributed by atoms with van der Waals surface area (Å²) in [7, 11) is -1.01. The highest BCUT2D eigenvalue weighted by atomic mass is 35.5. The van der Waals surface area contributed by atoms with E-state index in [0.29, 0.717) is 5.02 Å². The van der Waals surface area contributed by atoms with Gasteiger partial charge in [-0.15, -0.1) is 0 Å². The first-order valence-electron chi connectivity index (χ1n) is 7.01. The summed E-state index contributed by atoms with van der Waals surface area (Å²) in [6.45, 7) is 0. The second kappa shape index (κ2) is 7.56. The highest BCUT2D eigenvalue weighted by Gasteiger charge is 2.29. The minimum Gasteiger partial charge on any atom is -0.382 e. The van der Waals surface area contributed by atoms with Gasteiger partial charge in [0.1, 0.15) is 10.7 Å². The van der Waals surface area contributed by atoms with E-state index in [1.54, 1.807) is 14.1 Å². The molecule has 0 aliphatic rings. The molecule has 2 rings (SSSR count). The van der Waals surface area contributed by atoms with Crippen molar-refractivity contribution in [1.29, 1.82) is 0 Å². The van der Waals surface area contributed by atoms with Gasteiger partial charge in [0.15, 0.2) is 0 Å². The van der Waals surface area contributed by atoms with E-state index in [2.05, 4.69) is 0 Å². The zero-order valence-corrected chi connectivity index (χ0v) is 15.7. The molecule has 0 radical (unpaired) electrons. The predicted octanol–water partition coefficient (Wildman–Crippen LogP) is 4.19. The van der Waals surface area contributed by atoms with Crippen LogP contribution in [0, 0.1) is 5.82 Å². The highest BCUT2D eigenvalue weighted by Crippen LogP contribution is 2.28. The fourth-order valence-electron chi connectivity index (χ4n) is 2.03. The topological polar surface area (TPSA) is 54.5 Å². The number of allylic oxidation sites excluding steroid dienone is 1. The lowest BCUT2D eigenvalue weighted by Gasteiger charge is -2.13. The Bertz CT molecular complexity index is 939. The summed E-state index contributed by atoms with van der Waals surface area (Å²) in [4.78, 5) is 13.6. The van der Waals surface area contributed by atoms with Gasteiger partial charge in [-0.1, -0.05) is 23.2 Å². The molecule has 4 nitrogen and oxygen atoms in total. The third-order valence-electron chi connectivity index (χ3n) is 3.19. The molecule has 0 heterocycles. The molecule has 0 spiro atoms. The third kappa shape index (κ3) is 4.39. The van der Waals surface area contributed by atoms with Crippen molar-refractivity contribution >= 4 is 38.8 Å². The molecule has 0 amide bonds. The van der Waals surface area contributed by atoms with Crippen molar-refractivity contribution in [2.45, 2.75) is 4.90 Å². The van der Waals surface area contributed by atoms with Gasteiger partial charge in [-0.25, -0.2) is 12.8 Å². The molecule has 0 saturated heterocycles. The van der Waals surface area contributed by atoms with E-state index < -0.39 is 26.3 Å². The summed E-state index contributed by atoms with van der Waals surface area (Å²) in [6.07, 6.45) is 1.19. The molecule has 0 aliphatic heterocycles. The Labute approximate surface area is 155 Å². The number of carbonyl (C=O) groups excluding carboxylic acids is 1. The van der Waals surface area contributed by atoms with Crippen LogP contribution in [0.15, 0.2) is 58.5 Å². The third-order valence-corrected chi connectivity index (χ3v) is 5.50. The Kier molecular flexibility index (Phi) is 5.87. The van der Waals surface area contributed by atoms with Gasteiger partial charge in [-0.2, -0.15) is 0 Å². The minimum atomic E-state index is -4.18. The molecule has 0 aromatic heterocycles. The Hall–Kier alpha value is -1.89. The van der Waals surface area contributed by atoms with Crippen molar-refractivity contribution in [2.24, 2.45) is 0 Å². The number of hydrogen-bond donors (Lipinski definition) is 0. The van der Waals surface area contributed by atoms with Gasteiger partial charge in [0.25, 0.3) is 0 Å². The monoisotopic (exact) mass is 401 g/mol. The summed E-state index contributed by atoms with van der Waals surface area (Å²) < 4.78 is 38.8. The fourth-order valence-corrected chi connectivity index (χ4v) is 3.98. The first-order valence-corrected chi connectivity index (χ1v) is 9.25. The van der Waals surface area contributed by atoms with Crippen LogP contribution >= 0.6 is 23.2 Å². The van der Waals surface area contributed by atoms with Crippen LogP contribution in [0.2, 0.25) is 10.0 Å². The summed E-state index contributed by atoms with van der Waals surface area (Å²) in [6, 6.07) is 8.39. The largest absolute Gasteiger partial charge is 0.382 e. The second-order valence-corrected chi connectivity index (χ2v) is 8.13. The van der Waals surface area contributed by atoms with Crippen molar-refractivity contribution in [3.05, 3.63) is 75.0 Å². The number of nitrogens with zero attached hydrogens (tertiary/aromatic N) is 1. The highest BCUT2D eigenvalue weighted by molar-refractivity contribution is 7.96. The standard InChI is InChI=1S/C17H14Cl2FNO3S/c1-21(2)10-16(17(22)14-8-3-11(18)9-15(14)19)25(23,24)13-6-4-12(20)5-7-13/h3-10H,1-2H3/b16-10-. The second-order valence-electron chi connectivity index (χ2n) is 5.37. The summed E-state index contributed by atoms with van der Waals surface area (Å²) in [5.74, 6) is -1.36. The Morgan fingerprint density at radius 1 is 1.08 bits per heavy atom. The van der Waals surface area contributed by atoms with Gasteiger partial charge in [0.05, 0.1) is 9.92 Å². The Morgan fingerprint density at radius 3 is 2.20 bits per heavy atom. The van der Waals surface area contributed by atoms with Crippen LogP contribution in [0.5, 0.6) is 0 Å². The number of benzene rings is 2. The van der Waals surface area contributed by atoms with Crippen LogP contribution in [0.4, 0.5) is 4.39 Å². The number of carbonyl (C=O) groups is 1. The van der Waals surface area contributed by atoms with Crippen LogP contribution in [0.1, 0.15) is 10.4 Å². The first kappa shape index (κ1) is 19.4. The SMILES string of the molecule is CN(C)/C=C(/C(=O)c1ccc(Cl)cc1Cl)S(=O)(=O)c1ccc(F)cc1. The van der Waals surface area contributed by atoms with Crippen LogP contribution < -0.4 is 0 Å². The molecule has 0 unspecified atom stereocenters. The number of ketones is 1. The maximum Gasteiger partial charge on any atom is 0.211 e. The molecule has 2 aromatic carbocycles. The molecular weight excluding hydrogens is 388 g/mol. The van der Waals surface area contributed by atoms with Crippen molar-refractivity contribution < 1.29 is 17.6 Å². The number of Topliss-reactive ketones (excluding diaryl/α,β-unsaturated/α-hetero) is 1. The van der Waals surface area contributed by atoms with Gasteiger partial charge >= 0.3 is 0 Å². The maximum absolute atomic E-state index is 13.1. The van der Waals surface area contributed by atoms with E-state index in [0.717, 1.165) is 24.3 Å². The zero-order chi connectivity index (χ0) is 18.8. The smallest absolute Gasteiger partial charge is 0.211 e. The van der Waals surface area contributed by atoms with E-state index in [1.165, 1.54) is 29.3 Å². The number of hydrogen-bond acceptors (Lipinski definition) is 4. The van der Waals surface area contributed by atoms with Crippen LogP contribution in [-0.4, -0.2) is 33.2 Å². The zero-order valence-electron chi connectivity index (χ0n) is 13.3. The van der Waals surface area contributed by atoms with Crippen molar-refractivity contribution in [3.8, 4) is 0 Å². The number of sulfone groups is 1. The van der Waals surface area contributed by atoms with Crippen LogP contribution in [0.25, 0.3) is 0 Å². The lowest BCUT2D eigenvalue weighted by atomic mass is 10.1. The van der Waals surface area contributed by atoms with Crippen molar-refractivity contribution in [1.82, 2.24) is 4.90 Å². The van der Waals surface area contributed by atoms with E-state index in [1.807, 2.05) is 0 Å². The lowest BCUT2D eigenvalue weighted by molar-refractivity contribution is 0.104.